The molecule has 110 valence electrons. The van der Waals surface area contributed by atoms with Gasteiger partial charge in [-0.3, -0.25) is 0 Å². The molecule has 0 spiro atoms. The summed E-state index contributed by atoms with van der Waals surface area (Å²) in [5, 5.41) is 3.13. The third-order valence-corrected chi connectivity index (χ3v) is 3.37. The van der Waals surface area contributed by atoms with Gasteiger partial charge in [-0.15, -0.1) is 0 Å². The lowest BCUT2D eigenvalue weighted by atomic mass is 9.94. The van der Waals surface area contributed by atoms with Crippen molar-refractivity contribution in [3.63, 3.8) is 0 Å². The summed E-state index contributed by atoms with van der Waals surface area (Å²) < 4.78 is 25.4. The number of methoxy groups -OCH3 is 1. The molecule has 4 nitrogen and oxygen atoms in total. The number of aromatic nitrogens is 1. The minimum Gasteiger partial charge on any atom is -0.497 e. The van der Waals surface area contributed by atoms with Gasteiger partial charge in [0.05, 0.1) is 7.11 Å². The maximum Gasteiger partial charge on any atom is 0.233 e. The molecule has 20 heavy (non-hydrogen) atoms. The highest BCUT2D eigenvalue weighted by Gasteiger charge is 2.38. The smallest absolute Gasteiger partial charge is 0.233 e. The van der Waals surface area contributed by atoms with E-state index >= 15 is 0 Å². The average Bonchev–Trinajstić information content (AvgIpc) is 2.94. The van der Waals surface area contributed by atoms with Crippen molar-refractivity contribution in [2.75, 3.05) is 20.2 Å². The molecule has 1 N–H and O–H groups in total. The van der Waals surface area contributed by atoms with Crippen LogP contribution in [0, 0.1) is 0 Å². The summed E-state index contributed by atoms with van der Waals surface area (Å²) >= 11 is 0. The second-order valence-corrected chi connectivity index (χ2v) is 4.57. The molecule has 1 saturated heterocycles. The molecule has 0 unspecified atom stereocenters. The lowest BCUT2D eigenvalue weighted by molar-refractivity contribution is 0.0824. The summed E-state index contributed by atoms with van der Waals surface area (Å²) in [4.78, 5) is 4.27. The van der Waals surface area contributed by atoms with E-state index in [0.29, 0.717) is 42.8 Å². The number of ether oxygens (including phenoxy) is 1. The molecule has 0 radical (unpaired) electrons. The number of hydrogen-bond acceptors (Lipinski definition) is 4. The van der Waals surface area contributed by atoms with E-state index in [2.05, 4.69) is 10.3 Å². The minimum atomic E-state index is -1.45. The van der Waals surface area contributed by atoms with E-state index in [1.165, 1.54) is 0 Å². The Balaban J connectivity index is 0.000000704. The van der Waals surface area contributed by atoms with Crippen molar-refractivity contribution in [2.45, 2.75) is 32.4 Å². The van der Waals surface area contributed by atoms with Crippen molar-refractivity contribution >= 4 is 11.1 Å². The van der Waals surface area contributed by atoms with Gasteiger partial charge in [0.1, 0.15) is 11.3 Å². The third kappa shape index (κ3) is 2.77. The van der Waals surface area contributed by atoms with Gasteiger partial charge in [-0.2, -0.15) is 0 Å². The van der Waals surface area contributed by atoms with Gasteiger partial charge in [0, 0.05) is 18.9 Å². The number of benzene rings is 1. The van der Waals surface area contributed by atoms with Crippen LogP contribution in [0.1, 0.15) is 32.6 Å². The maximum atomic E-state index is 14.7. The van der Waals surface area contributed by atoms with Crippen LogP contribution in [0.25, 0.3) is 11.1 Å². The fourth-order valence-electron chi connectivity index (χ4n) is 2.26. The van der Waals surface area contributed by atoms with Crippen LogP contribution in [0.4, 0.5) is 4.39 Å². The number of fused-ring (bicyclic) bond motifs is 1. The molecule has 0 atom stereocenters. The van der Waals surface area contributed by atoms with Crippen LogP contribution in [-0.4, -0.2) is 25.2 Å². The van der Waals surface area contributed by atoms with Gasteiger partial charge >= 0.3 is 0 Å². The Bertz CT molecular complexity index is 562. The van der Waals surface area contributed by atoms with Gasteiger partial charge in [-0.05, 0) is 25.2 Å². The molecule has 2 heterocycles. The molecular weight excluding hydrogens is 259 g/mol. The largest absolute Gasteiger partial charge is 0.497 e. The van der Waals surface area contributed by atoms with Crippen LogP contribution in [0.5, 0.6) is 5.75 Å². The van der Waals surface area contributed by atoms with Crippen LogP contribution in [0.3, 0.4) is 0 Å². The monoisotopic (exact) mass is 280 g/mol. The van der Waals surface area contributed by atoms with Crippen LogP contribution >= 0.6 is 0 Å². The van der Waals surface area contributed by atoms with Crippen molar-refractivity contribution in [3.05, 3.63) is 24.1 Å². The Hall–Kier alpha value is -1.62. The first-order chi connectivity index (χ1) is 9.71. The zero-order chi connectivity index (χ0) is 14.6. The van der Waals surface area contributed by atoms with Crippen molar-refractivity contribution in [3.8, 4) is 5.75 Å². The van der Waals surface area contributed by atoms with Gasteiger partial charge < -0.3 is 14.5 Å². The van der Waals surface area contributed by atoms with Gasteiger partial charge in [-0.25, -0.2) is 9.37 Å². The molecule has 1 aromatic carbocycles. The summed E-state index contributed by atoms with van der Waals surface area (Å²) in [6.45, 7) is 5.30. The van der Waals surface area contributed by atoms with Crippen molar-refractivity contribution < 1.29 is 13.5 Å². The summed E-state index contributed by atoms with van der Waals surface area (Å²) in [7, 11) is 1.59. The van der Waals surface area contributed by atoms with Crippen molar-refractivity contribution in [2.24, 2.45) is 0 Å². The van der Waals surface area contributed by atoms with Crippen LogP contribution < -0.4 is 10.1 Å². The number of alkyl halides is 1. The quantitative estimate of drug-likeness (QED) is 0.915. The highest BCUT2D eigenvalue weighted by molar-refractivity contribution is 5.74. The van der Waals surface area contributed by atoms with E-state index in [0.717, 1.165) is 0 Å². The standard InChI is InChI=1S/C13H15FN2O2.C2H6/c1-17-9-2-3-11-10(8-9)16-12(18-11)13(14)4-6-15-7-5-13;1-2/h2-3,8,15H,4-7H2,1H3;1-2H3. The first-order valence-electron chi connectivity index (χ1n) is 7.06. The molecule has 5 heteroatoms. The number of halogens is 1. The van der Waals surface area contributed by atoms with E-state index in [1.807, 2.05) is 13.8 Å². The highest BCUT2D eigenvalue weighted by atomic mass is 19.1. The molecule has 0 saturated carbocycles. The lowest BCUT2D eigenvalue weighted by Gasteiger charge is -2.26. The van der Waals surface area contributed by atoms with Crippen molar-refractivity contribution in [1.82, 2.24) is 10.3 Å². The molecule has 1 aromatic heterocycles. The first kappa shape index (κ1) is 14.8. The SMILES string of the molecule is CC.COc1ccc2oc(C3(F)CCNCC3)nc2c1. The molecule has 1 aliphatic heterocycles. The topological polar surface area (TPSA) is 47.3 Å². The lowest BCUT2D eigenvalue weighted by Crippen LogP contribution is -2.36. The van der Waals surface area contributed by atoms with Crippen LogP contribution in [0.2, 0.25) is 0 Å². The number of nitrogens with one attached hydrogen (secondary N) is 1. The van der Waals surface area contributed by atoms with Crippen molar-refractivity contribution in [1.29, 1.82) is 0 Å². The highest BCUT2D eigenvalue weighted by Crippen LogP contribution is 2.36. The molecule has 0 bridgehead atoms. The molecule has 0 aliphatic carbocycles. The van der Waals surface area contributed by atoms with Crippen LogP contribution in [-0.2, 0) is 5.67 Å². The zero-order valence-corrected chi connectivity index (χ0v) is 12.2. The Morgan fingerprint density at radius 1 is 1.30 bits per heavy atom. The zero-order valence-electron chi connectivity index (χ0n) is 12.2. The third-order valence-electron chi connectivity index (χ3n) is 3.37. The molecule has 1 aliphatic rings. The molecule has 0 amide bonds. The predicted octanol–water partition coefficient (Wildman–Crippen LogP) is 3.41. The van der Waals surface area contributed by atoms with Crippen LogP contribution in [0.15, 0.2) is 22.6 Å². The number of piperidine rings is 1. The summed E-state index contributed by atoms with van der Waals surface area (Å²) in [5.41, 5.74) is -0.210. The Morgan fingerprint density at radius 3 is 2.65 bits per heavy atom. The Morgan fingerprint density at radius 2 is 2.00 bits per heavy atom. The molecule has 2 aromatic rings. The second kappa shape index (κ2) is 6.22. The molecule has 3 rings (SSSR count). The molecular formula is C15H21FN2O2. The fourth-order valence-corrected chi connectivity index (χ4v) is 2.26. The average molecular weight is 280 g/mol. The van der Waals surface area contributed by atoms with Gasteiger partial charge in [0.2, 0.25) is 5.89 Å². The second-order valence-electron chi connectivity index (χ2n) is 4.57. The fraction of sp³-hybridized carbons (Fsp3) is 0.533. The van der Waals surface area contributed by atoms with E-state index in [-0.39, 0.29) is 5.89 Å². The van der Waals surface area contributed by atoms with E-state index in [4.69, 9.17) is 9.15 Å². The number of hydrogen-bond donors (Lipinski definition) is 1. The molecule has 1 fully saturated rings. The maximum absolute atomic E-state index is 14.7. The summed E-state index contributed by atoms with van der Waals surface area (Å²) in [5.74, 6) is 0.882. The number of rotatable bonds is 2. The van der Waals surface area contributed by atoms with Gasteiger partial charge in [0.25, 0.3) is 0 Å². The van der Waals surface area contributed by atoms with E-state index in [1.54, 1.807) is 25.3 Å². The first-order valence-corrected chi connectivity index (χ1v) is 7.06. The normalized spacial score (nSPS) is 17.4. The van der Waals surface area contributed by atoms with E-state index in [9.17, 15) is 4.39 Å². The predicted molar refractivity (Wildman–Crippen MR) is 76.8 cm³/mol. The minimum absolute atomic E-state index is 0.187. The number of nitrogens with zero attached hydrogens (tertiary/aromatic N) is 1. The summed E-state index contributed by atoms with van der Waals surface area (Å²) in [6, 6.07) is 5.30. The van der Waals surface area contributed by atoms with Gasteiger partial charge in [0.15, 0.2) is 11.3 Å². The number of oxazole rings is 1. The Labute approximate surface area is 118 Å². The summed E-state index contributed by atoms with van der Waals surface area (Å²) in [6.07, 6.45) is 0.800. The van der Waals surface area contributed by atoms with Gasteiger partial charge in [-0.1, -0.05) is 13.8 Å². The van der Waals surface area contributed by atoms with E-state index < -0.39 is 5.67 Å². The Kier molecular flexibility index (Phi) is 4.60.